The van der Waals surface area contributed by atoms with Crippen molar-refractivity contribution in [3.63, 3.8) is 0 Å². The number of terminal acetylenes is 1. The molecular formula is C14H20ClN3O2. The first kappa shape index (κ1) is 16.5. The predicted octanol–water partition coefficient (Wildman–Crippen LogP) is 2.15. The van der Waals surface area contributed by atoms with E-state index < -0.39 is 0 Å². The smallest absolute Gasteiger partial charge is 0.292 e. The summed E-state index contributed by atoms with van der Waals surface area (Å²) in [6.45, 7) is 4.30. The predicted molar refractivity (Wildman–Crippen MR) is 81.2 cm³/mol. The van der Waals surface area contributed by atoms with Crippen molar-refractivity contribution in [3.8, 4) is 12.3 Å². The minimum atomic E-state index is -0.303. The van der Waals surface area contributed by atoms with Crippen molar-refractivity contribution >= 4 is 17.3 Å². The van der Waals surface area contributed by atoms with Crippen molar-refractivity contribution < 1.29 is 4.74 Å². The molecule has 0 spiro atoms. The molecule has 20 heavy (non-hydrogen) atoms. The zero-order chi connectivity index (χ0) is 14.8. The van der Waals surface area contributed by atoms with Crippen molar-refractivity contribution in [2.75, 3.05) is 25.1 Å². The fourth-order valence-corrected chi connectivity index (χ4v) is 1.76. The monoisotopic (exact) mass is 297 g/mol. The Bertz CT molecular complexity index is 508. The third-order valence-electron chi connectivity index (χ3n) is 2.65. The van der Waals surface area contributed by atoms with E-state index in [1.807, 2.05) is 0 Å². The Kier molecular flexibility index (Phi) is 7.78. The van der Waals surface area contributed by atoms with Gasteiger partial charge in [0.05, 0.1) is 11.2 Å². The van der Waals surface area contributed by atoms with Gasteiger partial charge in [-0.15, -0.1) is 6.42 Å². The van der Waals surface area contributed by atoms with E-state index in [0.29, 0.717) is 23.9 Å². The molecule has 0 fully saturated rings. The zero-order valence-corrected chi connectivity index (χ0v) is 12.4. The Morgan fingerprint density at radius 3 is 2.95 bits per heavy atom. The first-order valence-electron chi connectivity index (χ1n) is 6.71. The number of nitrogens with one attached hydrogen (secondary N) is 1. The van der Waals surface area contributed by atoms with E-state index in [-0.39, 0.29) is 12.1 Å². The van der Waals surface area contributed by atoms with E-state index in [1.165, 1.54) is 10.9 Å². The third-order valence-corrected chi connectivity index (χ3v) is 2.93. The summed E-state index contributed by atoms with van der Waals surface area (Å²) in [7, 11) is 0. The van der Waals surface area contributed by atoms with Gasteiger partial charge in [0.2, 0.25) is 0 Å². The topological polar surface area (TPSA) is 56.1 Å². The highest BCUT2D eigenvalue weighted by molar-refractivity contribution is 6.32. The molecule has 0 unspecified atom stereocenters. The van der Waals surface area contributed by atoms with Crippen LogP contribution in [0.25, 0.3) is 0 Å². The van der Waals surface area contributed by atoms with Crippen LogP contribution in [-0.2, 0) is 11.3 Å². The van der Waals surface area contributed by atoms with Crippen molar-refractivity contribution in [1.29, 1.82) is 0 Å². The largest absolute Gasteiger partial charge is 0.381 e. The van der Waals surface area contributed by atoms with Crippen molar-refractivity contribution in [2.45, 2.75) is 32.7 Å². The SMILES string of the molecule is C#CCn1ncc(Cl)c(NCCCOCCCC)c1=O. The Hall–Kier alpha value is -1.51. The minimum absolute atomic E-state index is 0.130. The van der Waals surface area contributed by atoms with Crippen LogP contribution in [0.3, 0.4) is 0 Å². The zero-order valence-electron chi connectivity index (χ0n) is 11.7. The summed E-state index contributed by atoms with van der Waals surface area (Å²) >= 11 is 5.96. The molecule has 0 aromatic carbocycles. The average molecular weight is 298 g/mol. The number of anilines is 1. The number of hydrogen-bond donors (Lipinski definition) is 1. The molecule has 0 saturated heterocycles. The van der Waals surface area contributed by atoms with Gasteiger partial charge in [-0.1, -0.05) is 30.9 Å². The summed E-state index contributed by atoms with van der Waals surface area (Å²) in [4.78, 5) is 12.0. The van der Waals surface area contributed by atoms with Gasteiger partial charge in [0.15, 0.2) is 0 Å². The minimum Gasteiger partial charge on any atom is -0.381 e. The van der Waals surface area contributed by atoms with Crippen molar-refractivity contribution in [3.05, 3.63) is 21.6 Å². The molecule has 0 saturated carbocycles. The highest BCUT2D eigenvalue weighted by atomic mass is 35.5. The molecule has 0 aliphatic carbocycles. The van der Waals surface area contributed by atoms with Crippen LogP contribution in [0.1, 0.15) is 26.2 Å². The fraction of sp³-hybridized carbons (Fsp3) is 0.571. The van der Waals surface area contributed by atoms with Gasteiger partial charge in [0, 0.05) is 19.8 Å². The van der Waals surface area contributed by atoms with Gasteiger partial charge >= 0.3 is 0 Å². The van der Waals surface area contributed by atoms with E-state index in [0.717, 1.165) is 25.9 Å². The first-order chi connectivity index (χ1) is 9.70. The van der Waals surface area contributed by atoms with Crippen molar-refractivity contribution in [1.82, 2.24) is 9.78 Å². The highest BCUT2D eigenvalue weighted by Gasteiger charge is 2.08. The third kappa shape index (κ3) is 5.24. The molecule has 1 aromatic heterocycles. The van der Waals surface area contributed by atoms with Crippen LogP contribution < -0.4 is 10.9 Å². The lowest BCUT2D eigenvalue weighted by atomic mass is 10.3. The number of rotatable bonds is 9. The summed E-state index contributed by atoms with van der Waals surface area (Å²) in [5.74, 6) is 2.38. The number of hydrogen-bond acceptors (Lipinski definition) is 4. The summed E-state index contributed by atoms with van der Waals surface area (Å²) in [5, 5.41) is 7.19. The van der Waals surface area contributed by atoms with E-state index >= 15 is 0 Å². The van der Waals surface area contributed by atoms with Crippen LogP contribution in [-0.4, -0.2) is 29.5 Å². The van der Waals surface area contributed by atoms with Crippen LogP contribution in [0, 0.1) is 12.3 Å². The van der Waals surface area contributed by atoms with Crippen molar-refractivity contribution in [2.24, 2.45) is 0 Å². The van der Waals surface area contributed by atoms with Gasteiger partial charge in [-0.3, -0.25) is 4.79 Å². The summed E-state index contributed by atoms with van der Waals surface area (Å²) in [6, 6.07) is 0. The second-order valence-corrected chi connectivity index (χ2v) is 4.69. The van der Waals surface area contributed by atoms with E-state index in [2.05, 4.69) is 23.3 Å². The average Bonchev–Trinajstić information content (AvgIpc) is 2.44. The van der Waals surface area contributed by atoms with Gasteiger partial charge in [0.25, 0.3) is 5.56 Å². The lowest BCUT2D eigenvalue weighted by Gasteiger charge is -2.09. The molecule has 110 valence electrons. The molecule has 1 rings (SSSR count). The van der Waals surface area contributed by atoms with Gasteiger partial charge in [-0.25, -0.2) is 4.68 Å². The number of unbranched alkanes of at least 4 members (excludes halogenated alkanes) is 1. The molecule has 5 nitrogen and oxygen atoms in total. The van der Waals surface area contributed by atoms with Gasteiger partial charge < -0.3 is 10.1 Å². The summed E-state index contributed by atoms with van der Waals surface area (Å²) < 4.78 is 6.64. The lowest BCUT2D eigenvalue weighted by Crippen LogP contribution is -2.26. The molecule has 1 N–H and O–H groups in total. The standard InChI is InChI=1S/C14H20ClN3O2/c1-3-5-9-20-10-6-7-16-13-12(15)11-17-18(8-4-2)14(13)19/h2,11,16H,3,5-10H2,1H3. The molecule has 6 heteroatoms. The maximum Gasteiger partial charge on any atom is 0.292 e. The highest BCUT2D eigenvalue weighted by Crippen LogP contribution is 2.14. The molecule has 1 aromatic rings. The molecule has 0 aliphatic rings. The molecule has 0 radical (unpaired) electrons. The Balaban J connectivity index is 2.45. The quantitative estimate of drug-likeness (QED) is 0.560. The molecular weight excluding hydrogens is 278 g/mol. The van der Waals surface area contributed by atoms with Gasteiger partial charge in [-0.2, -0.15) is 5.10 Å². The van der Waals surface area contributed by atoms with Gasteiger partial charge in [-0.05, 0) is 12.8 Å². The molecule has 1 heterocycles. The second kappa shape index (κ2) is 9.40. The second-order valence-electron chi connectivity index (χ2n) is 4.28. The lowest BCUT2D eigenvalue weighted by molar-refractivity contribution is 0.131. The number of aromatic nitrogens is 2. The van der Waals surface area contributed by atoms with Crippen LogP contribution in [0.15, 0.2) is 11.0 Å². The normalized spacial score (nSPS) is 10.2. The molecule has 0 bridgehead atoms. The van der Waals surface area contributed by atoms with E-state index in [9.17, 15) is 4.79 Å². The van der Waals surface area contributed by atoms with Crippen LogP contribution in [0.2, 0.25) is 5.02 Å². The Labute approximate surface area is 124 Å². The number of nitrogens with zero attached hydrogens (tertiary/aromatic N) is 2. The van der Waals surface area contributed by atoms with E-state index in [4.69, 9.17) is 22.8 Å². The number of halogens is 1. The van der Waals surface area contributed by atoms with Crippen LogP contribution in [0.5, 0.6) is 0 Å². The molecule has 0 atom stereocenters. The first-order valence-corrected chi connectivity index (χ1v) is 7.09. The Morgan fingerprint density at radius 1 is 1.50 bits per heavy atom. The van der Waals surface area contributed by atoms with E-state index in [1.54, 1.807) is 0 Å². The van der Waals surface area contributed by atoms with Crippen LogP contribution >= 0.6 is 11.6 Å². The molecule has 0 amide bonds. The molecule has 0 aliphatic heterocycles. The fourth-order valence-electron chi connectivity index (χ4n) is 1.56. The maximum absolute atomic E-state index is 12.0. The van der Waals surface area contributed by atoms with Gasteiger partial charge in [0.1, 0.15) is 12.2 Å². The Morgan fingerprint density at radius 2 is 2.25 bits per heavy atom. The maximum atomic E-state index is 12.0. The summed E-state index contributed by atoms with van der Waals surface area (Å²) in [5.41, 5.74) is 0.0350. The summed E-state index contributed by atoms with van der Waals surface area (Å²) in [6.07, 6.45) is 9.59. The van der Waals surface area contributed by atoms with Crippen LogP contribution in [0.4, 0.5) is 5.69 Å². The number of ether oxygens (including phenoxy) is 1.